The molecule has 0 bridgehead atoms. The van der Waals surface area contributed by atoms with Crippen LogP contribution in [-0.4, -0.2) is 46.5 Å². The van der Waals surface area contributed by atoms with E-state index in [0.29, 0.717) is 23.7 Å². The van der Waals surface area contributed by atoms with E-state index in [0.717, 1.165) is 22.3 Å². The lowest BCUT2D eigenvalue weighted by Gasteiger charge is -2.10. The fraction of sp³-hybridized carbons (Fsp3) is 0.238. The molecule has 0 amide bonds. The third-order valence-corrected chi connectivity index (χ3v) is 6.62. The molecule has 9 nitrogen and oxygen atoms in total. The van der Waals surface area contributed by atoms with Gasteiger partial charge in [0, 0.05) is 30.4 Å². The molecule has 160 valence electrons. The van der Waals surface area contributed by atoms with Crippen molar-refractivity contribution in [1.82, 2.24) is 29.7 Å². The molecule has 0 aliphatic rings. The Morgan fingerprint density at radius 3 is 2.48 bits per heavy atom. The van der Waals surface area contributed by atoms with Crippen LogP contribution in [0.15, 0.2) is 53.6 Å². The lowest BCUT2D eigenvalue weighted by molar-refractivity contribution is 0.583. The summed E-state index contributed by atoms with van der Waals surface area (Å²) in [6, 6.07) is 12.3. The predicted octanol–water partition coefficient (Wildman–Crippen LogP) is 2.53. The van der Waals surface area contributed by atoms with E-state index in [1.807, 2.05) is 39.0 Å². The number of nitrogens with one attached hydrogen (secondary N) is 2. The Morgan fingerprint density at radius 2 is 1.77 bits per heavy atom. The predicted molar refractivity (Wildman–Crippen MR) is 119 cm³/mol. The van der Waals surface area contributed by atoms with Crippen molar-refractivity contribution in [3.8, 4) is 5.82 Å². The average molecular weight is 438 g/mol. The highest BCUT2D eigenvalue weighted by molar-refractivity contribution is 7.89. The Bertz CT molecular complexity index is 1330. The maximum absolute atomic E-state index is 12.7. The normalized spacial score (nSPS) is 11.7. The molecule has 2 N–H and O–H groups in total. The molecule has 0 saturated carbocycles. The Labute approximate surface area is 180 Å². The molecule has 0 fully saturated rings. The largest absolute Gasteiger partial charge is 0.367 e. The van der Waals surface area contributed by atoms with Gasteiger partial charge in [0.1, 0.15) is 10.7 Å². The zero-order chi connectivity index (χ0) is 22.0. The van der Waals surface area contributed by atoms with Gasteiger partial charge in [-0.1, -0.05) is 18.2 Å². The maximum Gasteiger partial charge on any atom is 0.242 e. The molecule has 0 aliphatic heterocycles. The number of benzene rings is 1. The summed E-state index contributed by atoms with van der Waals surface area (Å²) >= 11 is 0. The first-order valence-corrected chi connectivity index (χ1v) is 11.3. The molecule has 0 saturated heterocycles. The van der Waals surface area contributed by atoms with Crippen molar-refractivity contribution in [1.29, 1.82) is 0 Å². The highest BCUT2D eigenvalue weighted by Crippen LogP contribution is 2.20. The molecule has 0 radical (unpaired) electrons. The number of sulfonamides is 1. The van der Waals surface area contributed by atoms with Crippen LogP contribution in [-0.2, 0) is 10.0 Å². The van der Waals surface area contributed by atoms with Crippen molar-refractivity contribution in [2.75, 3.05) is 18.4 Å². The number of fused-ring (bicyclic) bond motifs is 1. The molecular formula is C21H23N7O2S. The zero-order valence-electron chi connectivity index (χ0n) is 17.5. The molecule has 0 unspecified atom stereocenters. The van der Waals surface area contributed by atoms with Crippen molar-refractivity contribution in [2.24, 2.45) is 0 Å². The zero-order valence-corrected chi connectivity index (χ0v) is 18.3. The van der Waals surface area contributed by atoms with Gasteiger partial charge in [-0.2, -0.15) is 5.10 Å². The van der Waals surface area contributed by atoms with Gasteiger partial charge in [-0.25, -0.2) is 17.8 Å². The Hall–Kier alpha value is -3.37. The second kappa shape index (κ2) is 8.40. The minimum Gasteiger partial charge on any atom is -0.367 e. The first-order valence-electron chi connectivity index (χ1n) is 9.81. The minimum atomic E-state index is -3.69. The van der Waals surface area contributed by atoms with Crippen LogP contribution in [0, 0.1) is 20.8 Å². The van der Waals surface area contributed by atoms with E-state index in [-0.39, 0.29) is 11.4 Å². The lowest BCUT2D eigenvalue weighted by Crippen LogP contribution is -2.29. The number of hydrogen-bond donors (Lipinski definition) is 2. The quantitative estimate of drug-likeness (QED) is 0.427. The number of hydrogen-bond acceptors (Lipinski definition) is 7. The molecule has 4 aromatic rings. The Morgan fingerprint density at radius 1 is 0.968 bits per heavy atom. The van der Waals surface area contributed by atoms with Gasteiger partial charge < -0.3 is 5.32 Å². The summed E-state index contributed by atoms with van der Waals surface area (Å²) in [7, 11) is -3.69. The van der Waals surface area contributed by atoms with Gasteiger partial charge in [0.25, 0.3) is 0 Å². The second-order valence-corrected chi connectivity index (χ2v) is 8.88. The van der Waals surface area contributed by atoms with Gasteiger partial charge in [-0.15, -0.1) is 10.2 Å². The summed E-state index contributed by atoms with van der Waals surface area (Å²) in [4.78, 5) is 4.37. The third kappa shape index (κ3) is 4.25. The van der Waals surface area contributed by atoms with Crippen molar-refractivity contribution in [3.63, 3.8) is 0 Å². The van der Waals surface area contributed by atoms with Gasteiger partial charge in [-0.05, 0) is 50.6 Å². The van der Waals surface area contributed by atoms with Crippen LogP contribution < -0.4 is 10.0 Å². The van der Waals surface area contributed by atoms with Gasteiger partial charge in [0.05, 0.1) is 11.2 Å². The molecule has 3 aromatic heterocycles. The van der Waals surface area contributed by atoms with E-state index in [9.17, 15) is 8.42 Å². The fourth-order valence-corrected chi connectivity index (χ4v) is 4.43. The SMILES string of the molecule is Cc1nn(-c2ccc(NCCNS(=O)(=O)c3cccc4cccnc34)nn2)c(C)c1C. The van der Waals surface area contributed by atoms with Gasteiger partial charge >= 0.3 is 0 Å². The van der Waals surface area contributed by atoms with Crippen LogP contribution in [0.1, 0.15) is 17.0 Å². The standard InChI is InChI=1S/C21H23N7O2S/c1-14-15(2)27-28(16(14)3)20-10-9-19(25-26-20)22-12-13-24-31(29,30)18-8-4-6-17-7-5-11-23-21(17)18/h4-11,24H,12-13H2,1-3H3,(H,22,25). The van der Waals surface area contributed by atoms with E-state index in [2.05, 4.69) is 30.3 Å². The summed E-state index contributed by atoms with van der Waals surface area (Å²) < 4.78 is 29.8. The molecule has 4 rings (SSSR count). The monoisotopic (exact) mass is 437 g/mol. The topological polar surface area (TPSA) is 115 Å². The summed E-state index contributed by atoms with van der Waals surface area (Å²) in [5.41, 5.74) is 3.55. The minimum absolute atomic E-state index is 0.162. The van der Waals surface area contributed by atoms with Crippen molar-refractivity contribution in [3.05, 3.63) is 65.6 Å². The van der Waals surface area contributed by atoms with Gasteiger partial charge in [0.15, 0.2) is 5.82 Å². The second-order valence-electron chi connectivity index (χ2n) is 7.14. The van der Waals surface area contributed by atoms with E-state index >= 15 is 0 Å². The smallest absolute Gasteiger partial charge is 0.242 e. The maximum atomic E-state index is 12.7. The summed E-state index contributed by atoms with van der Waals surface area (Å²) in [5.74, 6) is 1.18. The fourth-order valence-electron chi connectivity index (χ4n) is 3.22. The third-order valence-electron chi connectivity index (χ3n) is 5.13. The highest BCUT2D eigenvalue weighted by atomic mass is 32.2. The number of aryl methyl sites for hydroxylation is 1. The molecule has 1 aromatic carbocycles. The number of nitrogens with zero attached hydrogens (tertiary/aromatic N) is 5. The molecule has 10 heteroatoms. The molecule has 0 spiro atoms. The van der Waals surface area contributed by atoms with Crippen LogP contribution >= 0.6 is 0 Å². The number of pyridine rings is 1. The molecule has 0 aliphatic carbocycles. The van der Waals surface area contributed by atoms with E-state index in [1.165, 1.54) is 0 Å². The molecule has 3 heterocycles. The summed E-state index contributed by atoms with van der Waals surface area (Å²) in [6.07, 6.45) is 1.58. The first-order chi connectivity index (χ1) is 14.9. The van der Waals surface area contributed by atoms with Crippen LogP contribution in [0.5, 0.6) is 0 Å². The Balaban J connectivity index is 1.38. The summed E-state index contributed by atoms with van der Waals surface area (Å²) in [6.45, 7) is 6.50. The first kappa shape index (κ1) is 20.9. The van der Waals surface area contributed by atoms with Gasteiger partial charge in [-0.3, -0.25) is 4.98 Å². The number of rotatable bonds is 7. The van der Waals surface area contributed by atoms with Crippen molar-refractivity contribution >= 4 is 26.7 Å². The number of aromatic nitrogens is 5. The molecule has 0 atom stereocenters. The van der Waals surface area contributed by atoms with Crippen LogP contribution in [0.2, 0.25) is 0 Å². The number of para-hydroxylation sites is 1. The van der Waals surface area contributed by atoms with E-state index in [4.69, 9.17) is 0 Å². The molecule has 31 heavy (non-hydrogen) atoms. The van der Waals surface area contributed by atoms with Crippen molar-refractivity contribution in [2.45, 2.75) is 25.7 Å². The van der Waals surface area contributed by atoms with Crippen LogP contribution in [0.3, 0.4) is 0 Å². The van der Waals surface area contributed by atoms with Gasteiger partial charge in [0.2, 0.25) is 10.0 Å². The lowest BCUT2D eigenvalue weighted by atomic mass is 10.2. The van der Waals surface area contributed by atoms with Crippen LogP contribution in [0.4, 0.5) is 5.82 Å². The Kier molecular flexibility index (Phi) is 5.66. The highest BCUT2D eigenvalue weighted by Gasteiger charge is 2.17. The van der Waals surface area contributed by atoms with Crippen LogP contribution in [0.25, 0.3) is 16.7 Å². The number of anilines is 1. The van der Waals surface area contributed by atoms with E-state index in [1.54, 1.807) is 35.1 Å². The average Bonchev–Trinajstić information content (AvgIpc) is 3.04. The molecular weight excluding hydrogens is 414 g/mol. The van der Waals surface area contributed by atoms with E-state index < -0.39 is 10.0 Å². The van der Waals surface area contributed by atoms with Crippen molar-refractivity contribution < 1.29 is 8.42 Å². The summed E-state index contributed by atoms with van der Waals surface area (Å²) in [5, 5.41) is 16.7.